The van der Waals surface area contributed by atoms with Gasteiger partial charge in [0.25, 0.3) is 5.91 Å². The number of nitrogens with zero attached hydrogens (tertiary/aromatic N) is 2. The van der Waals surface area contributed by atoms with Gasteiger partial charge in [0.1, 0.15) is 0 Å². The number of benzene rings is 2. The second kappa shape index (κ2) is 8.30. The second-order valence-corrected chi connectivity index (χ2v) is 6.25. The predicted molar refractivity (Wildman–Crippen MR) is 107 cm³/mol. The Bertz CT molecular complexity index is 1020. The van der Waals surface area contributed by atoms with Gasteiger partial charge in [0, 0.05) is 11.4 Å². The fourth-order valence-corrected chi connectivity index (χ4v) is 2.52. The third-order valence-electron chi connectivity index (χ3n) is 4.22. The van der Waals surface area contributed by atoms with Gasteiger partial charge >= 0.3 is 5.97 Å². The Morgan fingerprint density at radius 1 is 0.893 bits per heavy atom. The van der Waals surface area contributed by atoms with E-state index in [0.717, 1.165) is 11.1 Å². The van der Waals surface area contributed by atoms with E-state index in [-0.39, 0.29) is 11.6 Å². The fraction of sp³-hybridized carbons (Fsp3) is 0.143. The van der Waals surface area contributed by atoms with E-state index in [0.29, 0.717) is 22.8 Å². The number of anilines is 3. The maximum Gasteiger partial charge on any atom is 0.337 e. The summed E-state index contributed by atoms with van der Waals surface area (Å²) < 4.78 is 4.71. The van der Waals surface area contributed by atoms with Crippen LogP contribution in [0.4, 0.5) is 17.2 Å². The maximum atomic E-state index is 12.3. The summed E-state index contributed by atoms with van der Waals surface area (Å²) >= 11 is 0. The second-order valence-electron chi connectivity index (χ2n) is 6.25. The van der Waals surface area contributed by atoms with Crippen molar-refractivity contribution in [2.45, 2.75) is 13.8 Å². The Morgan fingerprint density at radius 3 is 2.39 bits per heavy atom. The lowest BCUT2D eigenvalue weighted by molar-refractivity contribution is 0.0600. The SMILES string of the molecule is COC(=O)c1cccc(Nc2ccc(C(=O)Nc3ccc(C)c(C)c3)nn2)c1. The van der Waals surface area contributed by atoms with Crippen LogP contribution in [-0.4, -0.2) is 29.2 Å². The van der Waals surface area contributed by atoms with E-state index >= 15 is 0 Å². The number of rotatable bonds is 5. The summed E-state index contributed by atoms with van der Waals surface area (Å²) in [5.41, 5.74) is 4.24. The van der Waals surface area contributed by atoms with Crippen LogP contribution in [0.1, 0.15) is 32.0 Å². The zero-order valence-corrected chi connectivity index (χ0v) is 15.8. The molecule has 2 aromatic carbocycles. The summed E-state index contributed by atoms with van der Waals surface area (Å²) in [7, 11) is 1.33. The molecule has 0 atom stereocenters. The van der Waals surface area contributed by atoms with E-state index in [1.165, 1.54) is 7.11 Å². The third-order valence-corrected chi connectivity index (χ3v) is 4.22. The molecule has 2 N–H and O–H groups in total. The monoisotopic (exact) mass is 376 g/mol. The Balaban J connectivity index is 1.68. The minimum absolute atomic E-state index is 0.201. The highest BCUT2D eigenvalue weighted by Gasteiger charge is 2.10. The zero-order valence-electron chi connectivity index (χ0n) is 15.8. The van der Waals surface area contributed by atoms with Crippen molar-refractivity contribution in [3.8, 4) is 0 Å². The Labute approximate surface area is 162 Å². The molecule has 0 saturated carbocycles. The van der Waals surface area contributed by atoms with Crippen molar-refractivity contribution in [3.63, 3.8) is 0 Å². The van der Waals surface area contributed by atoms with Crippen LogP contribution in [0.3, 0.4) is 0 Å². The number of carbonyl (C=O) groups is 2. The topological polar surface area (TPSA) is 93.2 Å². The van der Waals surface area contributed by atoms with E-state index in [1.54, 1.807) is 36.4 Å². The number of carbonyl (C=O) groups excluding carboxylic acids is 2. The van der Waals surface area contributed by atoms with E-state index in [9.17, 15) is 9.59 Å². The number of aromatic nitrogens is 2. The lowest BCUT2D eigenvalue weighted by Crippen LogP contribution is -2.14. The number of hydrogen-bond donors (Lipinski definition) is 2. The predicted octanol–water partition coefficient (Wildman–Crippen LogP) is 3.88. The highest BCUT2D eigenvalue weighted by atomic mass is 16.5. The highest BCUT2D eigenvalue weighted by molar-refractivity contribution is 6.02. The van der Waals surface area contributed by atoms with Crippen LogP contribution >= 0.6 is 0 Å². The molecular formula is C21H20N4O3. The average Bonchev–Trinajstić information content (AvgIpc) is 2.71. The minimum atomic E-state index is -0.423. The Kier molecular flexibility index (Phi) is 5.64. The quantitative estimate of drug-likeness (QED) is 0.657. The lowest BCUT2D eigenvalue weighted by atomic mass is 10.1. The van der Waals surface area contributed by atoms with E-state index in [4.69, 9.17) is 4.74 Å². The zero-order chi connectivity index (χ0) is 20.1. The number of nitrogens with one attached hydrogen (secondary N) is 2. The molecular weight excluding hydrogens is 356 g/mol. The number of esters is 1. The molecule has 0 fully saturated rings. The molecule has 0 saturated heterocycles. The molecule has 1 aromatic heterocycles. The molecule has 3 aromatic rings. The molecule has 142 valence electrons. The number of amides is 1. The van der Waals surface area contributed by atoms with Crippen LogP contribution in [0.15, 0.2) is 54.6 Å². The minimum Gasteiger partial charge on any atom is -0.465 e. The first-order valence-electron chi connectivity index (χ1n) is 8.64. The smallest absolute Gasteiger partial charge is 0.337 e. The van der Waals surface area contributed by atoms with Gasteiger partial charge in [-0.2, -0.15) is 0 Å². The van der Waals surface area contributed by atoms with E-state index < -0.39 is 5.97 Å². The van der Waals surface area contributed by atoms with Crippen molar-refractivity contribution in [1.29, 1.82) is 0 Å². The lowest BCUT2D eigenvalue weighted by Gasteiger charge is -2.08. The first-order valence-corrected chi connectivity index (χ1v) is 8.64. The molecule has 0 bridgehead atoms. The van der Waals surface area contributed by atoms with Gasteiger partial charge in [0.15, 0.2) is 11.5 Å². The molecule has 1 amide bonds. The van der Waals surface area contributed by atoms with Crippen molar-refractivity contribution in [1.82, 2.24) is 10.2 Å². The summed E-state index contributed by atoms with van der Waals surface area (Å²) in [6, 6.07) is 15.7. The normalized spacial score (nSPS) is 10.2. The first-order chi connectivity index (χ1) is 13.5. The summed E-state index contributed by atoms with van der Waals surface area (Å²) in [4.78, 5) is 24.0. The molecule has 28 heavy (non-hydrogen) atoms. The van der Waals surface area contributed by atoms with Gasteiger partial charge in [-0.25, -0.2) is 4.79 Å². The number of ether oxygens (including phenoxy) is 1. The van der Waals surface area contributed by atoms with Crippen molar-refractivity contribution < 1.29 is 14.3 Å². The molecule has 1 heterocycles. The Morgan fingerprint density at radius 2 is 1.71 bits per heavy atom. The molecule has 0 unspecified atom stereocenters. The van der Waals surface area contributed by atoms with Gasteiger partial charge in [-0.3, -0.25) is 4.79 Å². The molecule has 3 rings (SSSR count). The molecule has 0 spiro atoms. The van der Waals surface area contributed by atoms with Crippen molar-refractivity contribution >= 4 is 29.1 Å². The van der Waals surface area contributed by atoms with Crippen molar-refractivity contribution in [2.75, 3.05) is 17.7 Å². The average molecular weight is 376 g/mol. The molecule has 0 radical (unpaired) electrons. The van der Waals surface area contributed by atoms with E-state index in [1.807, 2.05) is 32.0 Å². The number of methoxy groups -OCH3 is 1. The number of aryl methyl sites for hydroxylation is 2. The van der Waals surface area contributed by atoms with Crippen molar-refractivity contribution in [2.24, 2.45) is 0 Å². The standard InChI is InChI=1S/C21H20N4O3/c1-13-7-8-17(11-14(13)2)23-20(26)18-9-10-19(25-24-18)22-16-6-4-5-15(12-16)21(27)28-3/h4-12H,1-3H3,(H,22,25)(H,23,26). The van der Waals surface area contributed by atoms with Gasteiger partial charge in [-0.1, -0.05) is 12.1 Å². The van der Waals surface area contributed by atoms with Crippen LogP contribution < -0.4 is 10.6 Å². The highest BCUT2D eigenvalue weighted by Crippen LogP contribution is 2.17. The summed E-state index contributed by atoms with van der Waals surface area (Å²) in [6.07, 6.45) is 0. The summed E-state index contributed by atoms with van der Waals surface area (Å²) in [6.45, 7) is 4.00. The molecule has 0 aliphatic carbocycles. The Hall–Kier alpha value is -3.74. The van der Waals surface area contributed by atoms with Gasteiger partial charge in [0.05, 0.1) is 12.7 Å². The first kappa shape index (κ1) is 19.0. The van der Waals surface area contributed by atoms with Crippen LogP contribution in [0.25, 0.3) is 0 Å². The molecule has 7 nitrogen and oxygen atoms in total. The van der Waals surface area contributed by atoms with Gasteiger partial charge in [-0.05, 0) is 67.4 Å². The van der Waals surface area contributed by atoms with Crippen LogP contribution in [0.2, 0.25) is 0 Å². The molecule has 7 heteroatoms. The van der Waals surface area contributed by atoms with Crippen LogP contribution in [0, 0.1) is 13.8 Å². The van der Waals surface area contributed by atoms with E-state index in [2.05, 4.69) is 20.8 Å². The van der Waals surface area contributed by atoms with Crippen molar-refractivity contribution in [3.05, 3.63) is 77.0 Å². The van der Waals surface area contributed by atoms with Gasteiger partial charge in [0.2, 0.25) is 0 Å². The maximum absolute atomic E-state index is 12.3. The summed E-state index contributed by atoms with van der Waals surface area (Å²) in [5.74, 6) is -0.312. The molecule has 0 aliphatic rings. The summed E-state index contributed by atoms with van der Waals surface area (Å²) in [5, 5.41) is 13.8. The third kappa shape index (κ3) is 4.50. The number of hydrogen-bond acceptors (Lipinski definition) is 6. The fourth-order valence-electron chi connectivity index (χ4n) is 2.52. The molecule has 0 aliphatic heterocycles. The largest absolute Gasteiger partial charge is 0.465 e. The van der Waals surface area contributed by atoms with Gasteiger partial charge in [-0.15, -0.1) is 10.2 Å². The van der Waals surface area contributed by atoms with Crippen LogP contribution in [0.5, 0.6) is 0 Å². The van der Waals surface area contributed by atoms with Crippen LogP contribution in [-0.2, 0) is 4.74 Å². The van der Waals surface area contributed by atoms with Gasteiger partial charge < -0.3 is 15.4 Å².